The fraction of sp³-hybridized carbons (Fsp3) is 0.385. The number of rotatable bonds is 3. The first-order valence-electron chi connectivity index (χ1n) is 6.16. The molecule has 4 N–H and O–H groups in total. The minimum atomic E-state index is -0.657. The Morgan fingerprint density at radius 3 is 2.84 bits per heavy atom. The van der Waals surface area contributed by atoms with E-state index in [2.05, 4.69) is 16.0 Å². The number of piperazine rings is 1. The molecule has 1 fully saturated rings. The highest BCUT2D eigenvalue weighted by molar-refractivity contribution is 5.97. The highest BCUT2D eigenvalue weighted by atomic mass is 16.3. The van der Waals surface area contributed by atoms with Gasteiger partial charge in [-0.1, -0.05) is 18.2 Å². The predicted molar refractivity (Wildman–Crippen MR) is 70.5 cm³/mol. The molecule has 2 atom stereocenters. The quantitative estimate of drug-likeness (QED) is 0.606. The maximum absolute atomic E-state index is 12.0. The van der Waals surface area contributed by atoms with Crippen LogP contribution in [-0.4, -0.2) is 36.1 Å². The molecule has 2 rings (SSSR count). The van der Waals surface area contributed by atoms with Gasteiger partial charge in [-0.2, -0.15) is 0 Å². The van der Waals surface area contributed by atoms with Crippen molar-refractivity contribution in [2.24, 2.45) is 0 Å². The first kappa shape index (κ1) is 13.5. The molecule has 0 spiro atoms. The van der Waals surface area contributed by atoms with Crippen molar-refractivity contribution in [3.8, 4) is 0 Å². The molecule has 1 aliphatic rings. The van der Waals surface area contributed by atoms with Crippen molar-refractivity contribution in [3.63, 3.8) is 0 Å². The first-order valence-corrected chi connectivity index (χ1v) is 6.16. The Balaban J connectivity index is 2.05. The summed E-state index contributed by atoms with van der Waals surface area (Å²) in [5.41, 5.74) is 1.25. The monoisotopic (exact) mass is 263 g/mol. The Morgan fingerprint density at radius 2 is 2.21 bits per heavy atom. The minimum absolute atomic E-state index is 0.117. The van der Waals surface area contributed by atoms with Crippen molar-refractivity contribution in [2.75, 3.05) is 18.4 Å². The van der Waals surface area contributed by atoms with Crippen molar-refractivity contribution in [1.82, 2.24) is 10.6 Å². The molecule has 6 nitrogen and oxygen atoms in total. The van der Waals surface area contributed by atoms with E-state index in [1.54, 1.807) is 31.2 Å². The number of anilines is 1. The van der Waals surface area contributed by atoms with Gasteiger partial charge in [-0.3, -0.25) is 14.9 Å². The summed E-state index contributed by atoms with van der Waals surface area (Å²) in [5, 5.41) is 17.9. The summed E-state index contributed by atoms with van der Waals surface area (Å²) in [6.07, 6.45) is -0.657. The lowest BCUT2D eigenvalue weighted by Gasteiger charge is -2.24. The van der Waals surface area contributed by atoms with E-state index < -0.39 is 12.1 Å². The molecular formula is C13H17N3O3. The number of nitrogens with one attached hydrogen (secondary N) is 3. The maximum atomic E-state index is 12.0. The van der Waals surface area contributed by atoms with E-state index >= 15 is 0 Å². The molecule has 0 bridgehead atoms. The van der Waals surface area contributed by atoms with E-state index in [4.69, 9.17) is 0 Å². The number of benzene rings is 1. The van der Waals surface area contributed by atoms with Crippen molar-refractivity contribution in [3.05, 3.63) is 29.8 Å². The van der Waals surface area contributed by atoms with Crippen LogP contribution in [0, 0.1) is 0 Å². The average Bonchev–Trinajstić information content (AvgIpc) is 2.39. The van der Waals surface area contributed by atoms with Crippen LogP contribution in [0.2, 0.25) is 0 Å². The van der Waals surface area contributed by atoms with Crippen molar-refractivity contribution < 1.29 is 14.7 Å². The largest absolute Gasteiger partial charge is 0.389 e. The average molecular weight is 263 g/mol. The van der Waals surface area contributed by atoms with Gasteiger partial charge >= 0.3 is 0 Å². The van der Waals surface area contributed by atoms with Crippen LogP contribution in [0.4, 0.5) is 5.69 Å². The molecule has 1 aromatic carbocycles. The Hall–Kier alpha value is -1.92. The lowest BCUT2D eigenvalue weighted by Crippen LogP contribution is -2.56. The molecule has 1 aliphatic heterocycles. The topological polar surface area (TPSA) is 90.5 Å². The number of amides is 2. The zero-order valence-electron chi connectivity index (χ0n) is 10.6. The number of carbonyl (C=O) groups is 2. The molecule has 6 heteroatoms. The van der Waals surface area contributed by atoms with Crippen molar-refractivity contribution in [2.45, 2.75) is 19.1 Å². The van der Waals surface area contributed by atoms with E-state index in [1.807, 2.05) is 0 Å². The van der Waals surface area contributed by atoms with Gasteiger partial charge in [-0.15, -0.1) is 0 Å². The van der Waals surface area contributed by atoms with E-state index in [0.717, 1.165) is 0 Å². The molecule has 102 valence electrons. The fourth-order valence-electron chi connectivity index (χ4n) is 1.95. The molecule has 1 saturated heterocycles. The molecule has 0 radical (unpaired) electrons. The fourth-order valence-corrected chi connectivity index (χ4v) is 1.95. The summed E-state index contributed by atoms with van der Waals surface area (Å²) in [4.78, 5) is 23.0. The third-order valence-corrected chi connectivity index (χ3v) is 3.00. The van der Waals surface area contributed by atoms with Gasteiger partial charge in [0, 0.05) is 17.8 Å². The second kappa shape index (κ2) is 5.81. The van der Waals surface area contributed by atoms with Gasteiger partial charge in [0.15, 0.2) is 0 Å². The van der Waals surface area contributed by atoms with Crippen LogP contribution in [0.3, 0.4) is 0 Å². The van der Waals surface area contributed by atoms with Crippen LogP contribution < -0.4 is 16.0 Å². The SMILES string of the molecule is CC(O)c1ccccc1NC(=O)C1CNC(=O)CN1. The maximum Gasteiger partial charge on any atom is 0.243 e. The van der Waals surface area contributed by atoms with Gasteiger partial charge in [0.1, 0.15) is 6.04 Å². The number of hydrogen-bond donors (Lipinski definition) is 4. The summed E-state index contributed by atoms with van der Waals surface area (Å²) in [5.74, 6) is -0.346. The normalized spacial score (nSPS) is 20.5. The summed E-state index contributed by atoms with van der Waals surface area (Å²) >= 11 is 0. The Morgan fingerprint density at radius 1 is 1.47 bits per heavy atom. The molecule has 0 aliphatic carbocycles. The van der Waals surface area contributed by atoms with E-state index in [9.17, 15) is 14.7 Å². The van der Waals surface area contributed by atoms with Gasteiger partial charge in [0.2, 0.25) is 11.8 Å². The molecule has 2 amide bonds. The number of carbonyl (C=O) groups excluding carboxylic acids is 2. The summed E-state index contributed by atoms with van der Waals surface area (Å²) < 4.78 is 0. The number of aliphatic hydroxyl groups excluding tert-OH is 1. The van der Waals surface area contributed by atoms with Crippen LogP contribution in [0.1, 0.15) is 18.6 Å². The van der Waals surface area contributed by atoms with Gasteiger partial charge in [0.05, 0.1) is 12.6 Å². The Bertz CT molecular complexity index is 478. The summed E-state index contributed by atoms with van der Waals surface area (Å²) in [7, 11) is 0. The zero-order valence-corrected chi connectivity index (χ0v) is 10.6. The van der Waals surface area contributed by atoms with Gasteiger partial charge in [-0.05, 0) is 13.0 Å². The van der Waals surface area contributed by atoms with Crippen LogP contribution in [0.15, 0.2) is 24.3 Å². The smallest absolute Gasteiger partial charge is 0.243 e. The number of aliphatic hydroxyl groups is 1. The minimum Gasteiger partial charge on any atom is -0.389 e. The van der Waals surface area contributed by atoms with Gasteiger partial charge in [-0.25, -0.2) is 0 Å². The second-order valence-electron chi connectivity index (χ2n) is 4.49. The lowest BCUT2D eigenvalue weighted by atomic mass is 10.1. The molecule has 1 aromatic rings. The van der Waals surface area contributed by atoms with E-state index in [1.165, 1.54) is 0 Å². The van der Waals surface area contributed by atoms with E-state index in [0.29, 0.717) is 11.3 Å². The van der Waals surface area contributed by atoms with Crippen molar-refractivity contribution >= 4 is 17.5 Å². The zero-order chi connectivity index (χ0) is 13.8. The van der Waals surface area contributed by atoms with Gasteiger partial charge < -0.3 is 15.7 Å². The highest BCUT2D eigenvalue weighted by Crippen LogP contribution is 2.22. The highest BCUT2D eigenvalue weighted by Gasteiger charge is 2.24. The van der Waals surface area contributed by atoms with Crippen LogP contribution in [0.5, 0.6) is 0 Å². The molecule has 0 saturated carbocycles. The van der Waals surface area contributed by atoms with Gasteiger partial charge in [0.25, 0.3) is 0 Å². The van der Waals surface area contributed by atoms with Crippen LogP contribution >= 0.6 is 0 Å². The molecule has 1 heterocycles. The molecule has 2 unspecified atom stereocenters. The molecule has 19 heavy (non-hydrogen) atoms. The predicted octanol–water partition coefficient (Wildman–Crippen LogP) is -0.234. The van der Waals surface area contributed by atoms with Crippen LogP contribution in [0.25, 0.3) is 0 Å². The second-order valence-corrected chi connectivity index (χ2v) is 4.49. The summed E-state index contributed by atoms with van der Waals surface area (Å²) in [6, 6.07) is 6.63. The molecule has 0 aromatic heterocycles. The van der Waals surface area contributed by atoms with Crippen LogP contribution in [-0.2, 0) is 9.59 Å². The Labute approximate surface area is 111 Å². The third-order valence-electron chi connectivity index (χ3n) is 3.00. The third kappa shape index (κ3) is 3.30. The number of hydrogen-bond acceptors (Lipinski definition) is 4. The Kier molecular flexibility index (Phi) is 4.13. The summed E-state index contributed by atoms with van der Waals surface area (Å²) in [6.45, 7) is 2.04. The lowest BCUT2D eigenvalue weighted by molar-refractivity contribution is -0.124. The van der Waals surface area contributed by atoms with Crippen molar-refractivity contribution in [1.29, 1.82) is 0 Å². The molecular weight excluding hydrogens is 246 g/mol. The van der Waals surface area contributed by atoms with E-state index in [-0.39, 0.29) is 24.9 Å². The first-order chi connectivity index (χ1) is 9.08. The number of para-hydroxylation sites is 1. The standard InChI is InChI=1S/C13H17N3O3/c1-8(17)9-4-2-3-5-10(9)16-13(19)11-6-15-12(18)7-14-11/h2-5,8,11,14,17H,6-7H2,1H3,(H,15,18)(H,16,19).